The number of carbonyl (C=O) groups is 1. The van der Waals surface area contributed by atoms with Crippen molar-refractivity contribution in [2.24, 2.45) is 5.92 Å². The molecule has 0 bridgehead atoms. The molecule has 1 aliphatic rings. The first kappa shape index (κ1) is 13.3. The Bertz CT molecular complexity index is 417. The van der Waals surface area contributed by atoms with E-state index in [1.807, 2.05) is 6.08 Å². The van der Waals surface area contributed by atoms with Crippen molar-refractivity contribution in [2.75, 3.05) is 11.1 Å². The summed E-state index contributed by atoms with van der Waals surface area (Å²) in [5.74, 6) is 1.04. The van der Waals surface area contributed by atoms with E-state index in [1.54, 1.807) is 11.8 Å². The fourth-order valence-corrected chi connectivity index (χ4v) is 4.16. The summed E-state index contributed by atoms with van der Waals surface area (Å²) in [5, 5.41) is 11.4. The van der Waals surface area contributed by atoms with Crippen LogP contribution in [0.25, 0.3) is 0 Å². The average molecular weight is 381 g/mol. The largest absolute Gasteiger partial charge is 0.300 e. The third kappa shape index (κ3) is 3.65. The molecule has 0 atom stereocenters. The van der Waals surface area contributed by atoms with Gasteiger partial charge in [-0.05, 0) is 12.8 Å². The molecule has 7 heteroatoms. The van der Waals surface area contributed by atoms with E-state index < -0.39 is 0 Å². The van der Waals surface area contributed by atoms with E-state index in [2.05, 4.69) is 44.7 Å². The molecule has 1 aliphatic carbocycles. The molecular formula is C10H12IN3OS2. The Morgan fingerprint density at radius 3 is 3.06 bits per heavy atom. The van der Waals surface area contributed by atoms with Gasteiger partial charge in [0.2, 0.25) is 11.0 Å². The third-order valence-corrected chi connectivity index (χ3v) is 5.40. The lowest BCUT2D eigenvalue weighted by Gasteiger charge is -2.29. The highest BCUT2D eigenvalue weighted by atomic mass is 127. The van der Waals surface area contributed by atoms with Crippen LogP contribution in [0.15, 0.2) is 17.0 Å². The fourth-order valence-electron chi connectivity index (χ4n) is 1.42. The number of nitrogens with one attached hydrogen (secondary N) is 1. The number of hydrogen-bond donors (Lipinski definition) is 1. The van der Waals surface area contributed by atoms with Crippen LogP contribution >= 0.6 is 45.7 Å². The second kappa shape index (κ2) is 6.14. The standard InChI is InChI=1S/C10H12IN3OS2/c1-2-3-16-10-14-13-9(17-10)12-8(15)6-4-7(11)5-6/h2,6-7H,1,3-5H2,(H,12,13,15). The average Bonchev–Trinajstić information content (AvgIpc) is 2.69. The Kier molecular flexibility index (Phi) is 4.80. The van der Waals surface area contributed by atoms with Crippen LogP contribution < -0.4 is 5.32 Å². The minimum absolute atomic E-state index is 0.0781. The fraction of sp³-hybridized carbons (Fsp3) is 0.500. The summed E-state index contributed by atoms with van der Waals surface area (Å²) >= 11 is 5.36. The summed E-state index contributed by atoms with van der Waals surface area (Å²) in [6, 6.07) is 0. The molecule has 0 saturated heterocycles. The van der Waals surface area contributed by atoms with E-state index in [0.717, 1.165) is 22.9 Å². The van der Waals surface area contributed by atoms with Crippen molar-refractivity contribution < 1.29 is 4.79 Å². The first-order chi connectivity index (χ1) is 8.19. The highest BCUT2D eigenvalue weighted by Crippen LogP contribution is 2.35. The molecule has 1 heterocycles. The number of nitrogens with zero attached hydrogens (tertiary/aromatic N) is 2. The molecule has 0 unspecified atom stereocenters. The van der Waals surface area contributed by atoms with Crippen LogP contribution in [0.4, 0.5) is 5.13 Å². The van der Waals surface area contributed by atoms with Gasteiger partial charge in [-0.1, -0.05) is 51.8 Å². The maximum Gasteiger partial charge on any atom is 0.229 e. The highest BCUT2D eigenvalue weighted by Gasteiger charge is 2.33. The minimum atomic E-state index is 0.0781. The maximum atomic E-state index is 11.8. The van der Waals surface area contributed by atoms with Crippen LogP contribution in [0, 0.1) is 5.92 Å². The number of halogens is 1. The van der Waals surface area contributed by atoms with E-state index in [1.165, 1.54) is 11.3 Å². The zero-order valence-electron chi connectivity index (χ0n) is 9.06. The zero-order valence-corrected chi connectivity index (χ0v) is 12.8. The van der Waals surface area contributed by atoms with Crippen LogP contribution in [0.1, 0.15) is 12.8 Å². The van der Waals surface area contributed by atoms with E-state index >= 15 is 0 Å². The number of anilines is 1. The molecule has 1 saturated carbocycles. The first-order valence-corrected chi connectivity index (χ1v) is 8.26. The van der Waals surface area contributed by atoms with E-state index in [0.29, 0.717) is 9.06 Å². The van der Waals surface area contributed by atoms with Gasteiger partial charge >= 0.3 is 0 Å². The Morgan fingerprint density at radius 2 is 2.41 bits per heavy atom. The van der Waals surface area contributed by atoms with Crippen LogP contribution in [-0.2, 0) is 4.79 Å². The zero-order chi connectivity index (χ0) is 12.3. The van der Waals surface area contributed by atoms with Gasteiger partial charge in [0, 0.05) is 15.6 Å². The van der Waals surface area contributed by atoms with Crippen molar-refractivity contribution in [2.45, 2.75) is 21.1 Å². The molecule has 1 amide bonds. The molecule has 4 nitrogen and oxygen atoms in total. The number of alkyl halides is 1. The summed E-state index contributed by atoms with van der Waals surface area (Å²) in [4.78, 5) is 11.8. The molecule has 17 heavy (non-hydrogen) atoms. The van der Waals surface area contributed by atoms with Crippen molar-refractivity contribution in [1.82, 2.24) is 10.2 Å². The number of rotatable bonds is 5. The number of amides is 1. The van der Waals surface area contributed by atoms with Crippen molar-refractivity contribution in [3.63, 3.8) is 0 Å². The smallest absolute Gasteiger partial charge is 0.229 e. The molecule has 2 rings (SSSR count). The second-order valence-corrected chi connectivity index (χ2v) is 7.73. The lowest BCUT2D eigenvalue weighted by molar-refractivity contribution is -0.121. The van der Waals surface area contributed by atoms with Crippen molar-refractivity contribution >= 4 is 56.7 Å². The minimum Gasteiger partial charge on any atom is -0.300 e. The summed E-state index contributed by atoms with van der Waals surface area (Å²) in [7, 11) is 0. The van der Waals surface area contributed by atoms with Gasteiger partial charge in [0.25, 0.3) is 0 Å². The number of hydrogen-bond acceptors (Lipinski definition) is 5. The van der Waals surface area contributed by atoms with E-state index in [-0.39, 0.29) is 11.8 Å². The Hall–Kier alpha value is -0.150. The normalized spacial score (nSPS) is 22.9. The van der Waals surface area contributed by atoms with E-state index in [9.17, 15) is 4.79 Å². The van der Waals surface area contributed by atoms with Crippen molar-refractivity contribution in [3.05, 3.63) is 12.7 Å². The molecule has 0 radical (unpaired) electrons. The van der Waals surface area contributed by atoms with Gasteiger partial charge in [-0.2, -0.15) is 0 Å². The third-order valence-electron chi connectivity index (χ3n) is 2.41. The Morgan fingerprint density at radius 1 is 1.65 bits per heavy atom. The molecular weight excluding hydrogens is 369 g/mol. The molecule has 92 valence electrons. The topological polar surface area (TPSA) is 54.9 Å². The molecule has 1 N–H and O–H groups in total. The summed E-state index contributed by atoms with van der Waals surface area (Å²) < 4.78 is 1.51. The van der Waals surface area contributed by atoms with Gasteiger partial charge in [0.1, 0.15) is 0 Å². The lowest BCUT2D eigenvalue weighted by atomic mass is 9.85. The van der Waals surface area contributed by atoms with Crippen LogP contribution in [0.2, 0.25) is 0 Å². The Balaban J connectivity index is 1.84. The quantitative estimate of drug-likeness (QED) is 0.280. The number of aromatic nitrogens is 2. The molecule has 1 aromatic rings. The SMILES string of the molecule is C=CCSc1nnc(NC(=O)C2CC(I)C2)s1. The predicted octanol–water partition coefficient (Wildman–Crippen LogP) is 2.97. The lowest BCUT2D eigenvalue weighted by Crippen LogP contribution is -2.34. The summed E-state index contributed by atoms with van der Waals surface area (Å²) in [6.45, 7) is 3.65. The molecule has 0 aliphatic heterocycles. The number of thioether (sulfide) groups is 1. The van der Waals surface area contributed by atoms with E-state index in [4.69, 9.17) is 0 Å². The second-order valence-electron chi connectivity index (χ2n) is 3.73. The van der Waals surface area contributed by atoms with Crippen LogP contribution in [0.3, 0.4) is 0 Å². The van der Waals surface area contributed by atoms with Crippen molar-refractivity contribution in [3.8, 4) is 0 Å². The van der Waals surface area contributed by atoms with Gasteiger partial charge in [-0.3, -0.25) is 4.79 Å². The van der Waals surface area contributed by atoms with Gasteiger partial charge in [-0.25, -0.2) is 0 Å². The van der Waals surface area contributed by atoms with Crippen LogP contribution in [-0.4, -0.2) is 25.8 Å². The monoisotopic (exact) mass is 381 g/mol. The summed E-state index contributed by atoms with van der Waals surface area (Å²) in [6.07, 6.45) is 3.77. The van der Waals surface area contributed by atoms with Gasteiger partial charge in [0.15, 0.2) is 4.34 Å². The first-order valence-electron chi connectivity index (χ1n) is 5.21. The van der Waals surface area contributed by atoms with Gasteiger partial charge in [-0.15, -0.1) is 16.8 Å². The number of carbonyl (C=O) groups excluding carboxylic acids is 1. The van der Waals surface area contributed by atoms with Crippen LogP contribution in [0.5, 0.6) is 0 Å². The maximum absolute atomic E-state index is 11.8. The van der Waals surface area contributed by atoms with Gasteiger partial charge < -0.3 is 5.32 Å². The highest BCUT2D eigenvalue weighted by molar-refractivity contribution is 14.1. The Labute approximate surface area is 122 Å². The summed E-state index contributed by atoms with van der Waals surface area (Å²) in [5.41, 5.74) is 0. The molecule has 0 spiro atoms. The molecule has 0 aromatic carbocycles. The molecule has 1 aromatic heterocycles. The van der Waals surface area contributed by atoms with Gasteiger partial charge in [0.05, 0.1) is 0 Å². The predicted molar refractivity (Wildman–Crippen MR) is 80.0 cm³/mol. The van der Waals surface area contributed by atoms with Crippen molar-refractivity contribution in [1.29, 1.82) is 0 Å². The molecule has 1 fully saturated rings.